The Hall–Kier alpha value is -2.51. The summed E-state index contributed by atoms with van der Waals surface area (Å²) in [5.74, 6) is -3.41. The van der Waals surface area contributed by atoms with Gasteiger partial charge in [-0.15, -0.1) is 0 Å². The van der Waals surface area contributed by atoms with Crippen LogP contribution in [-0.4, -0.2) is 44.3 Å². The smallest absolute Gasteiger partial charge is 0.326 e. The van der Waals surface area contributed by atoms with E-state index in [1.807, 2.05) is 0 Å². The number of carboxylic acids is 2. The highest BCUT2D eigenvalue weighted by atomic mass is 16.4. The molecule has 3 N–H and O–H groups in total. The summed E-state index contributed by atoms with van der Waals surface area (Å²) in [4.78, 5) is 33.2. The Balaban J connectivity index is 2.90. The van der Waals surface area contributed by atoms with Crippen LogP contribution in [0.5, 0.6) is 0 Å². The minimum atomic E-state index is -1.49. The number of aryl methyl sites for hydroxylation is 2. The fourth-order valence-electron chi connectivity index (χ4n) is 1.39. The molecule has 0 aromatic carbocycles. The van der Waals surface area contributed by atoms with Crippen molar-refractivity contribution in [2.75, 3.05) is 0 Å². The number of rotatable bonds is 5. The zero-order chi connectivity index (χ0) is 14.6. The number of carbonyl (C=O) groups excluding carboxylic acids is 1. The van der Waals surface area contributed by atoms with Crippen LogP contribution in [0.1, 0.15) is 28.2 Å². The Bertz CT molecular complexity index is 529. The van der Waals surface area contributed by atoms with Gasteiger partial charge in [0.15, 0.2) is 0 Å². The number of hydrogen-bond donors (Lipinski definition) is 3. The zero-order valence-corrected chi connectivity index (χ0v) is 10.4. The molecular weight excluding hydrogens is 254 g/mol. The van der Waals surface area contributed by atoms with Gasteiger partial charge in [-0.2, -0.15) is 10.2 Å². The molecule has 0 saturated heterocycles. The maximum atomic E-state index is 11.9. The molecule has 1 aromatic rings. The van der Waals surface area contributed by atoms with Gasteiger partial charge in [-0.25, -0.2) is 4.79 Å². The van der Waals surface area contributed by atoms with Crippen molar-refractivity contribution in [3.63, 3.8) is 0 Å². The third-order valence-corrected chi connectivity index (χ3v) is 2.33. The van der Waals surface area contributed by atoms with Crippen LogP contribution < -0.4 is 5.32 Å². The Morgan fingerprint density at radius 2 is 1.89 bits per heavy atom. The normalized spacial score (nSPS) is 11.7. The number of carbonyl (C=O) groups is 3. The first-order valence-electron chi connectivity index (χ1n) is 5.37. The van der Waals surface area contributed by atoms with Crippen LogP contribution in [0, 0.1) is 13.8 Å². The second kappa shape index (κ2) is 5.89. The predicted molar refractivity (Wildman–Crippen MR) is 62.6 cm³/mol. The van der Waals surface area contributed by atoms with Crippen molar-refractivity contribution in [3.8, 4) is 0 Å². The van der Waals surface area contributed by atoms with Crippen LogP contribution in [0.4, 0.5) is 0 Å². The highest BCUT2D eigenvalue weighted by molar-refractivity contribution is 5.98. The van der Waals surface area contributed by atoms with Gasteiger partial charge >= 0.3 is 11.9 Å². The fraction of sp³-hybridized carbons (Fsp3) is 0.364. The lowest BCUT2D eigenvalue weighted by atomic mass is 10.1. The molecule has 1 aromatic heterocycles. The molecular formula is C11H13N3O5. The summed E-state index contributed by atoms with van der Waals surface area (Å²) in [6.07, 6.45) is -0.697. The number of amides is 1. The summed E-state index contributed by atoms with van der Waals surface area (Å²) in [6, 6.07) is -0.0324. The molecule has 8 nitrogen and oxygen atoms in total. The second-order valence-corrected chi connectivity index (χ2v) is 3.95. The van der Waals surface area contributed by atoms with Crippen molar-refractivity contribution in [3.05, 3.63) is 23.0 Å². The SMILES string of the molecule is Cc1cc(C(=O)NC(CC(=O)O)C(=O)O)c(C)nn1. The molecule has 1 amide bonds. The number of aliphatic carboxylic acids is 2. The van der Waals surface area contributed by atoms with Gasteiger partial charge in [0.1, 0.15) is 6.04 Å². The van der Waals surface area contributed by atoms with Gasteiger partial charge in [-0.3, -0.25) is 9.59 Å². The molecule has 1 atom stereocenters. The van der Waals surface area contributed by atoms with Gasteiger partial charge in [0, 0.05) is 0 Å². The molecule has 19 heavy (non-hydrogen) atoms. The molecule has 0 fully saturated rings. The topological polar surface area (TPSA) is 129 Å². The number of nitrogens with one attached hydrogen (secondary N) is 1. The van der Waals surface area contributed by atoms with E-state index in [4.69, 9.17) is 10.2 Å². The largest absolute Gasteiger partial charge is 0.481 e. The molecule has 0 aliphatic heterocycles. The van der Waals surface area contributed by atoms with Crippen LogP contribution in [-0.2, 0) is 9.59 Å². The van der Waals surface area contributed by atoms with Gasteiger partial charge in [0.2, 0.25) is 0 Å². The molecule has 0 radical (unpaired) electrons. The number of carboxylic acid groups (broad SMARTS) is 2. The van der Waals surface area contributed by atoms with Crippen molar-refractivity contribution in [1.29, 1.82) is 0 Å². The third-order valence-electron chi connectivity index (χ3n) is 2.33. The molecule has 1 rings (SSSR count). The zero-order valence-electron chi connectivity index (χ0n) is 10.4. The van der Waals surface area contributed by atoms with E-state index in [9.17, 15) is 14.4 Å². The first-order chi connectivity index (χ1) is 8.81. The summed E-state index contributed by atoms with van der Waals surface area (Å²) in [7, 11) is 0. The molecule has 1 unspecified atom stereocenters. The first kappa shape index (κ1) is 14.6. The van der Waals surface area contributed by atoms with Crippen molar-refractivity contribution >= 4 is 17.8 Å². The van der Waals surface area contributed by atoms with Crippen molar-refractivity contribution in [1.82, 2.24) is 15.5 Å². The highest BCUT2D eigenvalue weighted by Gasteiger charge is 2.24. The van der Waals surface area contributed by atoms with E-state index in [2.05, 4.69) is 15.5 Å². The van der Waals surface area contributed by atoms with Crippen LogP contribution in [0.25, 0.3) is 0 Å². The van der Waals surface area contributed by atoms with E-state index >= 15 is 0 Å². The Labute approximate surface area is 108 Å². The van der Waals surface area contributed by atoms with Crippen molar-refractivity contribution in [2.24, 2.45) is 0 Å². The average molecular weight is 267 g/mol. The van der Waals surface area contributed by atoms with E-state index in [1.54, 1.807) is 13.8 Å². The Morgan fingerprint density at radius 3 is 2.42 bits per heavy atom. The maximum absolute atomic E-state index is 11.9. The first-order valence-corrected chi connectivity index (χ1v) is 5.37. The number of nitrogens with zero attached hydrogens (tertiary/aromatic N) is 2. The van der Waals surface area contributed by atoms with Gasteiger partial charge in [0.25, 0.3) is 5.91 Å². The summed E-state index contributed by atoms with van der Waals surface area (Å²) in [6.45, 7) is 3.18. The monoisotopic (exact) mass is 267 g/mol. The lowest BCUT2D eigenvalue weighted by Gasteiger charge is -2.13. The van der Waals surface area contributed by atoms with Gasteiger partial charge in [-0.05, 0) is 19.9 Å². The molecule has 1 heterocycles. The van der Waals surface area contributed by atoms with E-state index in [0.29, 0.717) is 11.4 Å². The van der Waals surface area contributed by atoms with Gasteiger partial charge in [0.05, 0.1) is 23.4 Å². The lowest BCUT2D eigenvalue weighted by molar-refractivity contribution is -0.145. The number of hydrogen-bond acceptors (Lipinski definition) is 5. The molecule has 0 bridgehead atoms. The van der Waals surface area contributed by atoms with E-state index in [-0.39, 0.29) is 5.56 Å². The Morgan fingerprint density at radius 1 is 1.26 bits per heavy atom. The van der Waals surface area contributed by atoms with Gasteiger partial charge < -0.3 is 15.5 Å². The molecule has 0 aliphatic carbocycles. The molecule has 8 heteroatoms. The van der Waals surface area contributed by atoms with Crippen LogP contribution in [0.3, 0.4) is 0 Å². The summed E-state index contributed by atoms with van der Waals surface area (Å²) in [5.41, 5.74) is 1.01. The predicted octanol–water partition coefficient (Wildman–Crippen LogP) is -0.249. The highest BCUT2D eigenvalue weighted by Crippen LogP contribution is 2.06. The minimum absolute atomic E-state index is 0.170. The third kappa shape index (κ3) is 4.02. The lowest BCUT2D eigenvalue weighted by Crippen LogP contribution is -2.42. The molecule has 102 valence electrons. The van der Waals surface area contributed by atoms with Crippen molar-refractivity contribution < 1.29 is 24.6 Å². The summed E-state index contributed by atoms with van der Waals surface area (Å²) in [5, 5.41) is 27.0. The summed E-state index contributed by atoms with van der Waals surface area (Å²) < 4.78 is 0. The second-order valence-electron chi connectivity index (χ2n) is 3.95. The molecule has 0 spiro atoms. The maximum Gasteiger partial charge on any atom is 0.326 e. The number of aromatic nitrogens is 2. The standard InChI is InChI=1S/C11H13N3O5/c1-5-3-7(6(2)14-13-5)10(17)12-8(11(18)19)4-9(15)16/h3,8H,4H2,1-2H3,(H,12,17)(H,15,16)(H,18,19). The van der Waals surface area contributed by atoms with Crippen LogP contribution in [0.2, 0.25) is 0 Å². The van der Waals surface area contributed by atoms with E-state index < -0.39 is 30.3 Å². The van der Waals surface area contributed by atoms with E-state index in [0.717, 1.165) is 0 Å². The molecule has 0 saturated carbocycles. The molecule has 0 aliphatic rings. The van der Waals surface area contributed by atoms with Crippen LogP contribution >= 0.6 is 0 Å². The fourth-order valence-corrected chi connectivity index (χ4v) is 1.39. The minimum Gasteiger partial charge on any atom is -0.481 e. The van der Waals surface area contributed by atoms with Gasteiger partial charge in [-0.1, -0.05) is 0 Å². The average Bonchev–Trinajstić information content (AvgIpc) is 2.30. The summed E-state index contributed by atoms with van der Waals surface area (Å²) >= 11 is 0. The Kier molecular flexibility index (Phi) is 4.51. The van der Waals surface area contributed by atoms with Crippen LogP contribution in [0.15, 0.2) is 6.07 Å². The van der Waals surface area contributed by atoms with Crippen molar-refractivity contribution in [2.45, 2.75) is 26.3 Å². The van der Waals surface area contributed by atoms with E-state index in [1.165, 1.54) is 6.07 Å². The quantitative estimate of drug-likeness (QED) is 0.670.